The van der Waals surface area contributed by atoms with E-state index in [1.165, 1.54) is 0 Å². The quantitative estimate of drug-likeness (QED) is 0.919. The third-order valence-electron chi connectivity index (χ3n) is 5.20. The number of rotatable bonds is 2. The first-order valence-electron chi connectivity index (χ1n) is 8.62. The fraction of sp³-hybridized carbons (Fsp3) is 0.500. The van der Waals surface area contributed by atoms with E-state index >= 15 is 0 Å². The predicted molar refractivity (Wildman–Crippen MR) is 90.1 cm³/mol. The second-order valence-corrected chi connectivity index (χ2v) is 6.86. The molecule has 126 valence electrons. The molecule has 2 aliphatic heterocycles. The zero-order valence-corrected chi connectivity index (χ0v) is 13.9. The first kappa shape index (κ1) is 15.2. The van der Waals surface area contributed by atoms with Crippen molar-refractivity contribution in [3.8, 4) is 0 Å². The zero-order chi connectivity index (χ0) is 16.7. The number of benzene rings is 1. The van der Waals surface area contributed by atoms with E-state index in [0.29, 0.717) is 13.0 Å². The number of carbonyl (C=O) groups is 2. The first-order chi connectivity index (χ1) is 11.6. The molecule has 0 aliphatic carbocycles. The van der Waals surface area contributed by atoms with Gasteiger partial charge in [-0.25, -0.2) is 4.98 Å². The lowest BCUT2D eigenvalue weighted by Crippen LogP contribution is -2.42. The number of imidazole rings is 1. The number of fused-ring (bicyclic) bond motifs is 1. The summed E-state index contributed by atoms with van der Waals surface area (Å²) >= 11 is 0. The molecule has 1 aromatic carbocycles. The fourth-order valence-electron chi connectivity index (χ4n) is 3.87. The molecule has 24 heavy (non-hydrogen) atoms. The Morgan fingerprint density at radius 1 is 1.29 bits per heavy atom. The second-order valence-electron chi connectivity index (χ2n) is 6.86. The van der Waals surface area contributed by atoms with Crippen molar-refractivity contribution in [2.75, 3.05) is 20.1 Å². The highest BCUT2D eigenvalue weighted by atomic mass is 16.2. The monoisotopic (exact) mass is 326 g/mol. The standard InChI is InChI=1S/C18H22N4O2/c1-21-11-12(10-16(21)23)18(24)22-9-5-4-8-15(22)17-19-13-6-2-3-7-14(13)20-17/h2-3,6-7,12,15H,4-5,8-11H2,1H3,(H,19,20)/t12-,15+/m0/s1. The van der Waals surface area contributed by atoms with Crippen molar-refractivity contribution < 1.29 is 9.59 Å². The molecule has 0 unspecified atom stereocenters. The van der Waals surface area contributed by atoms with Crippen LogP contribution in [-0.4, -0.2) is 51.7 Å². The highest BCUT2D eigenvalue weighted by molar-refractivity contribution is 5.89. The topological polar surface area (TPSA) is 69.3 Å². The minimum atomic E-state index is -0.215. The van der Waals surface area contributed by atoms with Crippen LogP contribution in [0.3, 0.4) is 0 Å². The molecule has 1 aromatic heterocycles. The van der Waals surface area contributed by atoms with Gasteiger partial charge in [-0.15, -0.1) is 0 Å². The van der Waals surface area contributed by atoms with Gasteiger partial charge < -0.3 is 14.8 Å². The Kier molecular flexibility index (Phi) is 3.75. The smallest absolute Gasteiger partial charge is 0.228 e. The van der Waals surface area contributed by atoms with Crippen molar-refractivity contribution in [2.45, 2.75) is 31.7 Å². The van der Waals surface area contributed by atoms with Crippen LogP contribution in [0, 0.1) is 5.92 Å². The van der Waals surface area contributed by atoms with E-state index in [1.807, 2.05) is 29.2 Å². The SMILES string of the molecule is CN1C[C@@H](C(=O)N2CCCC[C@@H]2c2nc3ccccc3[nH]2)CC1=O. The minimum absolute atomic E-state index is 0.0142. The van der Waals surface area contributed by atoms with Crippen LogP contribution in [0.4, 0.5) is 0 Å². The maximum absolute atomic E-state index is 13.0. The van der Waals surface area contributed by atoms with Crippen LogP contribution in [0.5, 0.6) is 0 Å². The molecular formula is C18H22N4O2. The molecular weight excluding hydrogens is 304 g/mol. The minimum Gasteiger partial charge on any atom is -0.345 e. The van der Waals surface area contributed by atoms with Crippen LogP contribution in [0.15, 0.2) is 24.3 Å². The summed E-state index contributed by atoms with van der Waals surface area (Å²) in [4.78, 5) is 36.4. The molecule has 2 aliphatic rings. The molecule has 3 heterocycles. The molecule has 4 rings (SSSR count). The van der Waals surface area contributed by atoms with Crippen LogP contribution in [0.2, 0.25) is 0 Å². The Hall–Kier alpha value is -2.37. The average Bonchev–Trinajstić information content (AvgIpc) is 3.18. The number of piperidine rings is 1. The number of para-hydroxylation sites is 2. The van der Waals surface area contributed by atoms with Gasteiger partial charge in [0, 0.05) is 26.6 Å². The van der Waals surface area contributed by atoms with Crippen LogP contribution in [-0.2, 0) is 9.59 Å². The van der Waals surface area contributed by atoms with Crippen LogP contribution in [0.1, 0.15) is 37.5 Å². The molecule has 0 saturated carbocycles. The third kappa shape index (κ3) is 2.56. The Balaban J connectivity index is 1.61. The number of nitrogens with one attached hydrogen (secondary N) is 1. The lowest BCUT2D eigenvalue weighted by atomic mass is 9.98. The summed E-state index contributed by atoms with van der Waals surface area (Å²) in [6, 6.07) is 7.92. The van der Waals surface area contributed by atoms with Crippen molar-refractivity contribution in [2.24, 2.45) is 5.92 Å². The zero-order valence-electron chi connectivity index (χ0n) is 13.9. The van der Waals surface area contributed by atoms with Gasteiger partial charge >= 0.3 is 0 Å². The van der Waals surface area contributed by atoms with Gasteiger partial charge in [0.25, 0.3) is 0 Å². The van der Waals surface area contributed by atoms with E-state index in [-0.39, 0.29) is 23.8 Å². The number of hydrogen-bond donors (Lipinski definition) is 1. The molecule has 6 heteroatoms. The van der Waals surface area contributed by atoms with Crippen LogP contribution >= 0.6 is 0 Å². The van der Waals surface area contributed by atoms with Gasteiger partial charge in [0.05, 0.1) is 23.0 Å². The molecule has 2 fully saturated rings. The van der Waals surface area contributed by atoms with E-state index in [2.05, 4.69) is 4.98 Å². The number of likely N-dealkylation sites (tertiary alicyclic amines) is 2. The maximum atomic E-state index is 13.0. The van der Waals surface area contributed by atoms with E-state index in [4.69, 9.17) is 4.98 Å². The van der Waals surface area contributed by atoms with Crippen molar-refractivity contribution in [3.63, 3.8) is 0 Å². The number of amides is 2. The molecule has 0 bridgehead atoms. The first-order valence-corrected chi connectivity index (χ1v) is 8.62. The van der Waals surface area contributed by atoms with E-state index < -0.39 is 0 Å². The van der Waals surface area contributed by atoms with Gasteiger partial charge in [0.2, 0.25) is 11.8 Å². The summed E-state index contributed by atoms with van der Waals surface area (Å²) in [6.45, 7) is 1.27. The Morgan fingerprint density at radius 3 is 2.88 bits per heavy atom. The fourth-order valence-corrected chi connectivity index (χ4v) is 3.87. The number of carbonyl (C=O) groups excluding carboxylic acids is 2. The number of H-pyrrole nitrogens is 1. The molecule has 0 radical (unpaired) electrons. The highest BCUT2D eigenvalue weighted by Crippen LogP contribution is 2.33. The normalized spacial score (nSPS) is 24.8. The molecule has 2 amide bonds. The van der Waals surface area contributed by atoms with Gasteiger partial charge in [-0.1, -0.05) is 12.1 Å². The van der Waals surface area contributed by atoms with Gasteiger partial charge in [0.15, 0.2) is 0 Å². The van der Waals surface area contributed by atoms with Crippen molar-refractivity contribution >= 4 is 22.8 Å². The summed E-state index contributed by atoms with van der Waals surface area (Å²) in [7, 11) is 1.77. The Morgan fingerprint density at radius 2 is 2.12 bits per heavy atom. The second kappa shape index (κ2) is 5.92. The number of hydrogen-bond acceptors (Lipinski definition) is 3. The number of aromatic amines is 1. The molecule has 2 saturated heterocycles. The number of nitrogens with zero attached hydrogens (tertiary/aromatic N) is 3. The molecule has 1 N–H and O–H groups in total. The lowest BCUT2D eigenvalue weighted by Gasteiger charge is -2.36. The molecule has 2 atom stereocenters. The van der Waals surface area contributed by atoms with E-state index in [0.717, 1.165) is 42.7 Å². The number of aromatic nitrogens is 2. The predicted octanol–water partition coefficient (Wildman–Crippen LogP) is 2.09. The Bertz CT molecular complexity index is 751. The third-order valence-corrected chi connectivity index (χ3v) is 5.20. The van der Waals surface area contributed by atoms with Crippen molar-refractivity contribution in [1.82, 2.24) is 19.8 Å². The van der Waals surface area contributed by atoms with E-state index in [9.17, 15) is 9.59 Å². The van der Waals surface area contributed by atoms with Crippen molar-refractivity contribution in [3.05, 3.63) is 30.1 Å². The van der Waals surface area contributed by atoms with Crippen molar-refractivity contribution in [1.29, 1.82) is 0 Å². The Labute approximate surface area is 140 Å². The summed E-state index contributed by atoms with van der Waals surface area (Å²) in [6.07, 6.45) is 3.36. The van der Waals surface area contributed by atoms with Gasteiger partial charge in [-0.05, 0) is 31.4 Å². The highest BCUT2D eigenvalue weighted by Gasteiger charge is 2.38. The summed E-state index contributed by atoms with van der Waals surface area (Å²) in [5, 5.41) is 0. The van der Waals surface area contributed by atoms with Gasteiger partial charge in [0.1, 0.15) is 5.82 Å². The summed E-state index contributed by atoms with van der Waals surface area (Å²) in [5.74, 6) is 0.804. The van der Waals surface area contributed by atoms with Crippen LogP contribution in [0.25, 0.3) is 11.0 Å². The lowest BCUT2D eigenvalue weighted by molar-refractivity contribution is -0.139. The average molecular weight is 326 g/mol. The van der Waals surface area contributed by atoms with Crippen LogP contribution < -0.4 is 0 Å². The summed E-state index contributed by atoms with van der Waals surface area (Å²) in [5.41, 5.74) is 1.93. The van der Waals surface area contributed by atoms with Gasteiger partial charge in [-0.3, -0.25) is 9.59 Å². The molecule has 6 nitrogen and oxygen atoms in total. The summed E-state index contributed by atoms with van der Waals surface area (Å²) < 4.78 is 0. The van der Waals surface area contributed by atoms with E-state index in [1.54, 1.807) is 11.9 Å². The largest absolute Gasteiger partial charge is 0.345 e. The maximum Gasteiger partial charge on any atom is 0.228 e. The van der Waals surface area contributed by atoms with Gasteiger partial charge in [-0.2, -0.15) is 0 Å². The molecule has 0 spiro atoms. The molecule has 2 aromatic rings.